The van der Waals surface area contributed by atoms with E-state index in [1.165, 1.54) is 12.8 Å². The first kappa shape index (κ1) is 43.9. The second-order valence-electron chi connectivity index (χ2n) is 12.6. The summed E-state index contributed by atoms with van der Waals surface area (Å²) in [6.45, 7) is 3.58. The van der Waals surface area contributed by atoms with Crippen LogP contribution >= 0.6 is 0 Å². The molecule has 0 aromatic heterocycles. The van der Waals surface area contributed by atoms with Crippen LogP contribution in [0, 0.1) is 0 Å². The van der Waals surface area contributed by atoms with Crippen LogP contribution < -0.4 is 5.32 Å². The number of ether oxygens (including phenoxy) is 2. The molecule has 1 fully saturated rings. The molecule has 1 aliphatic heterocycles. The second-order valence-corrected chi connectivity index (χ2v) is 12.6. The van der Waals surface area contributed by atoms with E-state index >= 15 is 0 Å². The number of hydrogen-bond acceptors (Lipinski definition) is 8. The molecule has 7 atom stereocenters. The van der Waals surface area contributed by atoms with Gasteiger partial charge in [-0.2, -0.15) is 0 Å². The van der Waals surface area contributed by atoms with Gasteiger partial charge >= 0.3 is 0 Å². The minimum Gasteiger partial charge on any atom is -0.394 e. The summed E-state index contributed by atoms with van der Waals surface area (Å²) in [5.74, 6) is -0.212. The van der Waals surface area contributed by atoms with E-state index in [4.69, 9.17) is 9.47 Å². The number of allylic oxidation sites excluding steroid dienone is 9. The zero-order valence-corrected chi connectivity index (χ0v) is 29.7. The fraction of sp³-hybridized carbons (Fsp3) is 0.718. The molecule has 1 aliphatic rings. The SMILES string of the molecule is CCC/C=C/CC/C=C/CC/C=C/C(O)C(COC1OC(CO)C(O)C(O)C1O)NC(=O)CCCCCCC/C=C\C/C=C\CCCC. The van der Waals surface area contributed by atoms with Gasteiger partial charge in [0.15, 0.2) is 6.29 Å². The van der Waals surface area contributed by atoms with Crippen molar-refractivity contribution in [1.82, 2.24) is 5.32 Å². The Labute approximate surface area is 290 Å². The maximum Gasteiger partial charge on any atom is 0.220 e. The van der Waals surface area contributed by atoms with Crippen LogP contribution in [0.5, 0.6) is 0 Å². The number of carbonyl (C=O) groups is 1. The lowest BCUT2D eigenvalue weighted by atomic mass is 9.99. The van der Waals surface area contributed by atoms with Crippen LogP contribution in [0.1, 0.15) is 123 Å². The summed E-state index contributed by atoms with van der Waals surface area (Å²) in [5.41, 5.74) is 0. The Kier molecular flexibility index (Phi) is 27.2. The summed E-state index contributed by atoms with van der Waals surface area (Å²) in [5, 5.41) is 53.7. The van der Waals surface area contributed by atoms with Gasteiger partial charge < -0.3 is 40.3 Å². The lowest BCUT2D eigenvalue weighted by Gasteiger charge is -2.40. The molecule has 0 aromatic rings. The predicted molar refractivity (Wildman–Crippen MR) is 193 cm³/mol. The van der Waals surface area contributed by atoms with E-state index in [1.54, 1.807) is 6.08 Å². The Bertz CT molecular complexity index is 931. The van der Waals surface area contributed by atoms with E-state index in [9.17, 15) is 30.3 Å². The largest absolute Gasteiger partial charge is 0.394 e. The van der Waals surface area contributed by atoms with Crippen molar-refractivity contribution in [1.29, 1.82) is 0 Å². The molecule has 0 aromatic carbocycles. The van der Waals surface area contributed by atoms with Crippen LogP contribution in [0.3, 0.4) is 0 Å². The van der Waals surface area contributed by atoms with Crippen LogP contribution in [0.2, 0.25) is 0 Å². The van der Waals surface area contributed by atoms with Crippen molar-refractivity contribution in [3.63, 3.8) is 0 Å². The summed E-state index contributed by atoms with van der Waals surface area (Å²) in [6.07, 6.45) is 29.8. The van der Waals surface area contributed by atoms with Gasteiger partial charge in [-0.1, -0.05) is 113 Å². The molecule has 0 spiro atoms. The van der Waals surface area contributed by atoms with Gasteiger partial charge in [-0.3, -0.25) is 4.79 Å². The van der Waals surface area contributed by atoms with Crippen molar-refractivity contribution in [3.05, 3.63) is 60.8 Å². The summed E-state index contributed by atoms with van der Waals surface area (Å²) in [7, 11) is 0. The highest BCUT2D eigenvalue weighted by molar-refractivity contribution is 5.76. The van der Waals surface area contributed by atoms with Gasteiger partial charge in [-0.25, -0.2) is 0 Å². The van der Waals surface area contributed by atoms with Crippen LogP contribution in [-0.4, -0.2) is 87.5 Å². The lowest BCUT2D eigenvalue weighted by Crippen LogP contribution is -2.60. The Balaban J connectivity index is 2.52. The topological polar surface area (TPSA) is 149 Å². The maximum atomic E-state index is 12.8. The lowest BCUT2D eigenvalue weighted by molar-refractivity contribution is -0.302. The smallest absolute Gasteiger partial charge is 0.220 e. The number of nitrogens with one attached hydrogen (secondary N) is 1. The first-order valence-electron chi connectivity index (χ1n) is 18.5. The molecule has 1 rings (SSSR count). The third-order valence-electron chi connectivity index (χ3n) is 8.27. The van der Waals surface area contributed by atoms with Crippen molar-refractivity contribution in [3.8, 4) is 0 Å². The van der Waals surface area contributed by atoms with Crippen molar-refractivity contribution in [2.75, 3.05) is 13.2 Å². The van der Waals surface area contributed by atoms with Crippen molar-refractivity contribution >= 4 is 5.91 Å². The molecule has 1 heterocycles. The molecule has 0 saturated carbocycles. The monoisotopic (exact) mass is 677 g/mol. The fourth-order valence-corrected chi connectivity index (χ4v) is 5.21. The van der Waals surface area contributed by atoms with Gasteiger partial charge in [0, 0.05) is 6.42 Å². The van der Waals surface area contributed by atoms with Gasteiger partial charge in [0.1, 0.15) is 24.4 Å². The normalized spacial score (nSPS) is 23.4. The van der Waals surface area contributed by atoms with Crippen LogP contribution in [-0.2, 0) is 14.3 Å². The molecule has 276 valence electrons. The molecule has 0 aliphatic carbocycles. The number of amides is 1. The van der Waals surface area contributed by atoms with Gasteiger partial charge in [0.2, 0.25) is 5.91 Å². The van der Waals surface area contributed by atoms with Crippen LogP contribution in [0.15, 0.2) is 60.8 Å². The molecule has 48 heavy (non-hydrogen) atoms. The molecule has 9 nitrogen and oxygen atoms in total. The van der Waals surface area contributed by atoms with Crippen molar-refractivity contribution in [2.24, 2.45) is 0 Å². The first-order chi connectivity index (χ1) is 23.3. The highest BCUT2D eigenvalue weighted by Crippen LogP contribution is 2.22. The Morgan fingerprint density at radius 2 is 1.29 bits per heavy atom. The predicted octanol–water partition coefficient (Wildman–Crippen LogP) is 6.10. The molecular formula is C39H67NO8. The van der Waals surface area contributed by atoms with Crippen molar-refractivity contribution in [2.45, 2.75) is 166 Å². The minimum absolute atomic E-state index is 0.212. The number of carbonyl (C=O) groups excluding carboxylic acids is 1. The summed E-state index contributed by atoms with van der Waals surface area (Å²) >= 11 is 0. The maximum absolute atomic E-state index is 12.8. The minimum atomic E-state index is -1.58. The molecule has 0 bridgehead atoms. The van der Waals surface area contributed by atoms with E-state index in [2.05, 4.69) is 67.8 Å². The number of unbranched alkanes of at least 4 members (excludes halogenated alkanes) is 10. The van der Waals surface area contributed by atoms with E-state index < -0.39 is 49.5 Å². The van der Waals surface area contributed by atoms with Crippen LogP contribution in [0.25, 0.3) is 0 Å². The van der Waals surface area contributed by atoms with E-state index in [0.29, 0.717) is 6.42 Å². The van der Waals surface area contributed by atoms with E-state index in [0.717, 1.165) is 89.9 Å². The second kappa shape index (κ2) is 29.8. The Morgan fingerprint density at radius 1 is 0.708 bits per heavy atom. The number of aliphatic hydroxyl groups excluding tert-OH is 5. The molecule has 1 saturated heterocycles. The number of aliphatic hydroxyl groups is 5. The average molecular weight is 678 g/mol. The number of rotatable bonds is 28. The summed E-state index contributed by atoms with van der Waals surface area (Å²) < 4.78 is 11.1. The molecule has 9 heteroatoms. The number of hydrogen-bond donors (Lipinski definition) is 6. The van der Waals surface area contributed by atoms with Gasteiger partial charge in [0.05, 0.1) is 25.4 Å². The quantitative estimate of drug-likeness (QED) is 0.0430. The summed E-state index contributed by atoms with van der Waals surface area (Å²) in [6, 6.07) is -0.833. The average Bonchev–Trinajstić information content (AvgIpc) is 3.08. The molecule has 6 N–H and O–H groups in total. The highest BCUT2D eigenvalue weighted by atomic mass is 16.7. The van der Waals surface area contributed by atoms with Gasteiger partial charge in [0.25, 0.3) is 0 Å². The molecule has 7 unspecified atom stereocenters. The highest BCUT2D eigenvalue weighted by Gasteiger charge is 2.44. The first-order valence-corrected chi connectivity index (χ1v) is 18.5. The Morgan fingerprint density at radius 3 is 1.94 bits per heavy atom. The fourth-order valence-electron chi connectivity index (χ4n) is 5.21. The third-order valence-corrected chi connectivity index (χ3v) is 8.27. The zero-order valence-electron chi connectivity index (χ0n) is 29.7. The molecule has 1 amide bonds. The van der Waals surface area contributed by atoms with E-state index in [1.807, 2.05) is 6.08 Å². The molecular weight excluding hydrogens is 610 g/mol. The van der Waals surface area contributed by atoms with Gasteiger partial charge in [-0.05, 0) is 64.2 Å². The van der Waals surface area contributed by atoms with Gasteiger partial charge in [-0.15, -0.1) is 0 Å². The third kappa shape index (κ3) is 21.1. The van der Waals surface area contributed by atoms with Crippen molar-refractivity contribution < 1.29 is 39.8 Å². The Hall–Kier alpha value is -2.11. The van der Waals surface area contributed by atoms with Crippen LogP contribution in [0.4, 0.5) is 0 Å². The standard InChI is InChI=1S/C39H67NO8/c1-3-5-7-9-11-13-15-16-17-19-21-23-25-27-29-35(43)40-32(31-47-39-38(46)37(45)36(44)34(30-41)48-39)33(42)28-26-24-22-20-18-14-12-10-8-6-4-2/h8-11,15-16,18,20,26,28,32-34,36-39,41-42,44-46H,3-7,12-14,17,19,21-25,27,29-31H2,1-2H3,(H,40,43)/b10-8+,11-9-,16-15-,20-18+,28-26+. The van der Waals surface area contributed by atoms with E-state index in [-0.39, 0.29) is 12.5 Å². The zero-order chi connectivity index (χ0) is 35.2. The molecule has 0 radical (unpaired) electrons. The summed E-state index contributed by atoms with van der Waals surface area (Å²) in [4.78, 5) is 12.8.